The van der Waals surface area contributed by atoms with Gasteiger partial charge in [-0.1, -0.05) is 12.8 Å². The maximum absolute atomic E-state index is 12.4. The Morgan fingerprint density at radius 1 is 1.10 bits per heavy atom. The van der Waals surface area contributed by atoms with Crippen molar-refractivity contribution in [3.8, 4) is 0 Å². The van der Waals surface area contributed by atoms with Crippen LogP contribution >= 0.6 is 0 Å². The minimum absolute atomic E-state index is 0.0209. The number of aromatic nitrogens is 2. The second-order valence-electron chi connectivity index (χ2n) is 8.00. The molecule has 9 heteroatoms. The third-order valence-electron chi connectivity index (χ3n) is 6.06. The normalized spacial score (nSPS) is 17.9. The molecule has 0 radical (unpaired) electrons. The number of benzene rings is 1. The van der Waals surface area contributed by atoms with Crippen LogP contribution in [0.2, 0.25) is 0 Å². The Hall–Kier alpha value is -2.94. The number of carbonyl (C=O) groups excluding carboxylic acids is 1. The second-order valence-corrected chi connectivity index (χ2v) is 8.00. The minimum atomic E-state index is -0.381. The number of nitrogens with one attached hydrogen (secondary N) is 1. The van der Waals surface area contributed by atoms with Crippen LogP contribution in [0.15, 0.2) is 36.5 Å². The molecule has 0 bridgehead atoms. The molecule has 0 atom stereocenters. The van der Waals surface area contributed by atoms with Crippen LogP contribution in [0.1, 0.15) is 38.1 Å². The van der Waals surface area contributed by atoms with Crippen molar-refractivity contribution in [2.24, 2.45) is 0 Å². The molecule has 1 N–H and O–H groups in total. The van der Waals surface area contributed by atoms with Gasteiger partial charge in [-0.2, -0.15) is 5.10 Å². The summed E-state index contributed by atoms with van der Waals surface area (Å²) in [5.41, 5.74) is 1.11. The van der Waals surface area contributed by atoms with Gasteiger partial charge >= 0.3 is 0 Å². The lowest BCUT2D eigenvalue weighted by molar-refractivity contribution is -0.384. The molecule has 1 amide bonds. The fourth-order valence-electron chi connectivity index (χ4n) is 4.33. The van der Waals surface area contributed by atoms with Crippen LogP contribution in [-0.2, 0) is 4.79 Å². The van der Waals surface area contributed by atoms with E-state index in [-0.39, 0.29) is 16.5 Å². The quantitative estimate of drug-likeness (QED) is 0.555. The van der Waals surface area contributed by atoms with Gasteiger partial charge in [-0.3, -0.25) is 19.8 Å². The van der Waals surface area contributed by atoms with E-state index in [0.717, 1.165) is 57.1 Å². The van der Waals surface area contributed by atoms with Crippen LogP contribution in [0.4, 0.5) is 17.2 Å². The van der Waals surface area contributed by atoms with Gasteiger partial charge in [-0.05, 0) is 25.0 Å². The summed E-state index contributed by atoms with van der Waals surface area (Å²) in [6.45, 7) is 4.13. The number of nitro groups is 1. The van der Waals surface area contributed by atoms with E-state index in [0.29, 0.717) is 12.5 Å². The van der Waals surface area contributed by atoms with Gasteiger partial charge in [0.2, 0.25) is 5.91 Å². The highest BCUT2D eigenvalue weighted by molar-refractivity contribution is 5.89. The average Bonchev–Trinajstić information content (AvgIpc) is 3.44. The molecule has 2 aromatic rings. The summed E-state index contributed by atoms with van der Waals surface area (Å²) < 4.78 is 1.97. The number of rotatable bonds is 7. The van der Waals surface area contributed by atoms with Crippen molar-refractivity contribution in [3.05, 3.63) is 46.6 Å². The Balaban J connectivity index is 1.22. The summed E-state index contributed by atoms with van der Waals surface area (Å²) in [7, 11) is 0. The highest BCUT2D eigenvalue weighted by Crippen LogP contribution is 2.31. The van der Waals surface area contributed by atoms with Crippen LogP contribution in [0.5, 0.6) is 0 Å². The highest BCUT2D eigenvalue weighted by Gasteiger charge is 2.21. The molecule has 0 unspecified atom stereocenters. The zero-order chi connectivity index (χ0) is 20.9. The van der Waals surface area contributed by atoms with Gasteiger partial charge in [0.1, 0.15) is 5.82 Å². The number of hydrogen-bond donors (Lipinski definition) is 1. The van der Waals surface area contributed by atoms with Gasteiger partial charge < -0.3 is 10.2 Å². The SMILES string of the molecule is O=C(CCN1CCN(c2ccc([N+](=O)[O-])cc2)CC1)Nc1ccnn1C1CCCC1. The molecule has 2 aliphatic rings. The lowest BCUT2D eigenvalue weighted by Gasteiger charge is -2.36. The third kappa shape index (κ3) is 4.79. The minimum Gasteiger partial charge on any atom is -0.369 e. The molecule has 9 nitrogen and oxygen atoms in total. The average molecular weight is 412 g/mol. The van der Waals surface area contributed by atoms with Crippen molar-refractivity contribution in [3.63, 3.8) is 0 Å². The summed E-state index contributed by atoms with van der Waals surface area (Å²) in [4.78, 5) is 27.4. The van der Waals surface area contributed by atoms with Crippen LogP contribution < -0.4 is 10.2 Å². The first-order chi connectivity index (χ1) is 14.6. The molecule has 1 saturated heterocycles. The van der Waals surface area contributed by atoms with Crippen LogP contribution in [-0.4, -0.2) is 58.2 Å². The van der Waals surface area contributed by atoms with E-state index in [2.05, 4.69) is 20.2 Å². The second kappa shape index (κ2) is 9.25. The standard InChI is InChI=1S/C21H28N6O3/c28-21(23-20-9-11-22-26(20)18-3-1-2-4-18)10-12-24-13-15-25(16-14-24)17-5-7-19(8-6-17)27(29)30/h5-9,11,18H,1-4,10,12-16H2,(H,23,28). The number of carbonyl (C=O) groups is 1. The number of nitrogens with zero attached hydrogens (tertiary/aromatic N) is 5. The van der Waals surface area contributed by atoms with Crippen molar-refractivity contribution in [1.82, 2.24) is 14.7 Å². The molecule has 1 aromatic carbocycles. The van der Waals surface area contributed by atoms with Gasteiger partial charge in [0.05, 0.1) is 17.2 Å². The molecule has 1 saturated carbocycles. The molecule has 1 aliphatic carbocycles. The van der Waals surface area contributed by atoms with E-state index in [1.807, 2.05) is 10.7 Å². The van der Waals surface area contributed by atoms with E-state index >= 15 is 0 Å². The molecule has 0 spiro atoms. The van der Waals surface area contributed by atoms with Gasteiger partial charge in [0, 0.05) is 63.0 Å². The first kappa shape index (κ1) is 20.3. The van der Waals surface area contributed by atoms with Crippen molar-refractivity contribution < 1.29 is 9.72 Å². The van der Waals surface area contributed by atoms with E-state index in [4.69, 9.17) is 0 Å². The predicted octanol–water partition coefficient (Wildman–Crippen LogP) is 3.06. The lowest BCUT2D eigenvalue weighted by atomic mass is 10.2. The molecule has 2 fully saturated rings. The Morgan fingerprint density at radius 2 is 1.80 bits per heavy atom. The number of nitro benzene ring substituents is 1. The molecular weight excluding hydrogens is 384 g/mol. The van der Waals surface area contributed by atoms with Crippen molar-refractivity contribution in [2.45, 2.75) is 38.1 Å². The van der Waals surface area contributed by atoms with Gasteiger partial charge in [0.15, 0.2) is 0 Å². The summed E-state index contributed by atoms with van der Waals surface area (Å²) in [5, 5.41) is 18.2. The van der Waals surface area contributed by atoms with E-state index < -0.39 is 0 Å². The highest BCUT2D eigenvalue weighted by atomic mass is 16.6. The molecule has 2 heterocycles. The van der Waals surface area contributed by atoms with Crippen molar-refractivity contribution >= 4 is 23.1 Å². The summed E-state index contributed by atoms with van der Waals surface area (Å²) in [6, 6.07) is 8.97. The smallest absolute Gasteiger partial charge is 0.269 e. The van der Waals surface area contributed by atoms with E-state index in [1.165, 1.54) is 12.8 Å². The number of hydrogen-bond acceptors (Lipinski definition) is 6. The van der Waals surface area contributed by atoms with Crippen LogP contribution in [0, 0.1) is 10.1 Å². The Labute approximate surface area is 175 Å². The molecule has 4 rings (SSSR count). The lowest BCUT2D eigenvalue weighted by Crippen LogP contribution is -2.47. The van der Waals surface area contributed by atoms with E-state index in [1.54, 1.807) is 30.5 Å². The monoisotopic (exact) mass is 412 g/mol. The largest absolute Gasteiger partial charge is 0.369 e. The Kier molecular flexibility index (Phi) is 6.27. The summed E-state index contributed by atoms with van der Waals surface area (Å²) in [5.74, 6) is 0.822. The number of non-ortho nitro benzene ring substituents is 1. The Morgan fingerprint density at radius 3 is 2.47 bits per heavy atom. The molecule has 1 aromatic heterocycles. The first-order valence-electron chi connectivity index (χ1n) is 10.7. The fraction of sp³-hybridized carbons (Fsp3) is 0.524. The third-order valence-corrected chi connectivity index (χ3v) is 6.06. The van der Waals surface area contributed by atoms with Crippen molar-refractivity contribution in [1.29, 1.82) is 0 Å². The van der Waals surface area contributed by atoms with Crippen molar-refractivity contribution in [2.75, 3.05) is 42.9 Å². The fourth-order valence-corrected chi connectivity index (χ4v) is 4.33. The molecule has 1 aliphatic heterocycles. The number of amides is 1. The summed E-state index contributed by atoms with van der Waals surface area (Å²) >= 11 is 0. The number of piperazine rings is 1. The van der Waals surface area contributed by atoms with E-state index in [9.17, 15) is 14.9 Å². The van der Waals surface area contributed by atoms with Crippen LogP contribution in [0.3, 0.4) is 0 Å². The number of anilines is 2. The topological polar surface area (TPSA) is 96.5 Å². The zero-order valence-electron chi connectivity index (χ0n) is 17.1. The predicted molar refractivity (Wildman–Crippen MR) is 115 cm³/mol. The molecule has 160 valence electrons. The maximum Gasteiger partial charge on any atom is 0.269 e. The molecular formula is C21H28N6O3. The van der Waals surface area contributed by atoms with Crippen LogP contribution in [0.25, 0.3) is 0 Å². The van der Waals surface area contributed by atoms with Gasteiger partial charge in [-0.15, -0.1) is 0 Å². The zero-order valence-corrected chi connectivity index (χ0v) is 17.1. The molecule has 30 heavy (non-hydrogen) atoms. The van der Waals surface area contributed by atoms with Gasteiger partial charge in [-0.25, -0.2) is 4.68 Å². The maximum atomic E-state index is 12.4. The first-order valence-corrected chi connectivity index (χ1v) is 10.7. The Bertz CT molecular complexity index is 867. The summed E-state index contributed by atoms with van der Waals surface area (Å²) in [6.07, 6.45) is 6.92. The van der Waals surface area contributed by atoms with Gasteiger partial charge in [0.25, 0.3) is 5.69 Å².